The van der Waals surface area contributed by atoms with E-state index < -0.39 is 0 Å². The summed E-state index contributed by atoms with van der Waals surface area (Å²) in [6, 6.07) is 15.1. The van der Waals surface area contributed by atoms with Crippen molar-refractivity contribution in [2.45, 2.75) is 22.9 Å². The third-order valence-electron chi connectivity index (χ3n) is 3.37. The van der Waals surface area contributed by atoms with Crippen LogP contribution in [-0.4, -0.2) is 15.7 Å². The van der Waals surface area contributed by atoms with Crippen LogP contribution in [0.4, 0.5) is 0 Å². The van der Waals surface area contributed by atoms with Crippen LogP contribution >= 0.6 is 35.0 Å². The van der Waals surface area contributed by atoms with Crippen molar-refractivity contribution in [3.8, 4) is 0 Å². The van der Waals surface area contributed by atoms with Crippen LogP contribution in [-0.2, 0) is 6.54 Å². The summed E-state index contributed by atoms with van der Waals surface area (Å²) >= 11 is 13.2. The number of hydrogen-bond donors (Lipinski definition) is 0. The second-order valence-electron chi connectivity index (χ2n) is 4.98. The Morgan fingerprint density at radius 3 is 2.43 bits per heavy atom. The molecule has 0 saturated carbocycles. The van der Waals surface area contributed by atoms with Gasteiger partial charge in [-0.05, 0) is 36.8 Å². The lowest BCUT2D eigenvalue weighted by Gasteiger charge is -2.10. The Balaban J connectivity index is 2.08. The van der Waals surface area contributed by atoms with Crippen LogP contribution in [0.25, 0.3) is 10.8 Å². The van der Waals surface area contributed by atoms with Gasteiger partial charge in [0.25, 0.3) is 5.56 Å². The summed E-state index contributed by atoms with van der Waals surface area (Å²) in [4.78, 5) is 13.5. The lowest BCUT2D eigenvalue weighted by atomic mass is 10.2. The average molecular weight is 365 g/mol. The fourth-order valence-electron chi connectivity index (χ4n) is 2.25. The van der Waals surface area contributed by atoms with Crippen LogP contribution in [0.2, 0.25) is 5.02 Å². The SMILES string of the molecule is O=c1c2ccccc2c(Sc2ccc(Cl)cc2)nn1CCCCl. The number of aromatic nitrogens is 2. The van der Waals surface area contributed by atoms with Crippen LogP contribution < -0.4 is 5.56 Å². The van der Waals surface area contributed by atoms with Crippen molar-refractivity contribution in [3.05, 3.63) is 63.9 Å². The lowest BCUT2D eigenvalue weighted by Crippen LogP contribution is -2.24. The number of benzene rings is 2. The highest BCUT2D eigenvalue weighted by Crippen LogP contribution is 2.31. The number of halogens is 2. The number of nitrogens with zero attached hydrogens (tertiary/aromatic N) is 2. The predicted molar refractivity (Wildman–Crippen MR) is 96.9 cm³/mol. The van der Waals surface area contributed by atoms with Gasteiger partial charge < -0.3 is 0 Å². The van der Waals surface area contributed by atoms with Crippen molar-refractivity contribution in [2.24, 2.45) is 0 Å². The summed E-state index contributed by atoms with van der Waals surface area (Å²) in [6.45, 7) is 0.515. The lowest BCUT2D eigenvalue weighted by molar-refractivity contribution is 0.557. The predicted octanol–water partition coefficient (Wildman–Crippen LogP) is 4.83. The van der Waals surface area contributed by atoms with Crippen molar-refractivity contribution in [3.63, 3.8) is 0 Å². The Labute approximate surface area is 148 Å². The molecular formula is C17H14Cl2N2OS. The molecule has 6 heteroatoms. The third-order valence-corrected chi connectivity index (χ3v) is 4.89. The molecule has 0 aliphatic carbocycles. The Bertz CT molecular complexity index is 878. The number of rotatable bonds is 5. The van der Waals surface area contributed by atoms with Crippen molar-refractivity contribution in [2.75, 3.05) is 5.88 Å². The molecule has 0 spiro atoms. The highest BCUT2D eigenvalue weighted by molar-refractivity contribution is 7.99. The van der Waals surface area contributed by atoms with Gasteiger partial charge in [0.2, 0.25) is 0 Å². The molecule has 1 heterocycles. The van der Waals surface area contributed by atoms with Crippen LogP contribution in [0.15, 0.2) is 63.2 Å². The van der Waals surface area contributed by atoms with E-state index in [4.69, 9.17) is 23.2 Å². The summed E-state index contributed by atoms with van der Waals surface area (Å²) in [5.41, 5.74) is -0.0776. The van der Waals surface area contributed by atoms with Gasteiger partial charge in [-0.2, -0.15) is 5.10 Å². The second-order valence-corrected chi connectivity index (χ2v) is 6.85. The van der Waals surface area contributed by atoms with Crippen LogP contribution in [0.5, 0.6) is 0 Å². The quantitative estimate of drug-likeness (QED) is 0.608. The molecule has 0 saturated heterocycles. The van der Waals surface area contributed by atoms with Crippen LogP contribution in [0, 0.1) is 0 Å². The first-order valence-corrected chi connectivity index (χ1v) is 8.91. The van der Waals surface area contributed by atoms with Gasteiger partial charge in [0.1, 0.15) is 5.03 Å². The van der Waals surface area contributed by atoms with Gasteiger partial charge in [0, 0.05) is 27.7 Å². The van der Waals surface area contributed by atoms with Crippen LogP contribution in [0.3, 0.4) is 0 Å². The van der Waals surface area contributed by atoms with E-state index in [1.807, 2.05) is 48.5 Å². The number of alkyl halides is 1. The van der Waals surface area contributed by atoms with Gasteiger partial charge in [-0.1, -0.05) is 41.6 Å². The minimum atomic E-state index is -0.0776. The largest absolute Gasteiger partial charge is 0.274 e. The maximum atomic E-state index is 12.5. The highest BCUT2D eigenvalue weighted by atomic mass is 35.5. The Hall–Kier alpha value is -1.49. The summed E-state index contributed by atoms with van der Waals surface area (Å²) in [7, 11) is 0. The van der Waals surface area contributed by atoms with E-state index in [-0.39, 0.29) is 5.56 Å². The molecule has 0 atom stereocenters. The van der Waals surface area contributed by atoms with E-state index in [9.17, 15) is 4.79 Å². The molecule has 1 aromatic heterocycles. The molecule has 0 radical (unpaired) electrons. The first kappa shape index (κ1) is 16.4. The van der Waals surface area contributed by atoms with E-state index in [1.54, 1.807) is 0 Å². The van der Waals surface area contributed by atoms with Gasteiger partial charge in [0.05, 0.1) is 5.39 Å². The summed E-state index contributed by atoms with van der Waals surface area (Å²) in [5.74, 6) is 0.501. The molecule has 0 bridgehead atoms. The Morgan fingerprint density at radius 2 is 1.74 bits per heavy atom. The molecule has 0 unspecified atom stereocenters. The van der Waals surface area contributed by atoms with Crippen molar-refractivity contribution in [1.29, 1.82) is 0 Å². The third kappa shape index (κ3) is 3.71. The zero-order chi connectivity index (χ0) is 16.2. The van der Waals surface area contributed by atoms with E-state index in [0.717, 1.165) is 15.3 Å². The van der Waals surface area contributed by atoms with Gasteiger partial charge in [-0.3, -0.25) is 4.79 Å². The molecule has 3 aromatic rings. The molecule has 0 aliphatic rings. The molecule has 2 aromatic carbocycles. The first-order chi connectivity index (χ1) is 11.2. The molecular weight excluding hydrogens is 351 g/mol. The van der Waals surface area contributed by atoms with E-state index >= 15 is 0 Å². The Kier molecular flexibility index (Phi) is 5.26. The maximum Gasteiger partial charge on any atom is 0.274 e. The summed E-state index contributed by atoms with van der Waals surface area (Å²) in [5, 5.41) is 7.56. The minimum absolute atomic E-state index is 0.0776. The fraction of sp³-hybridized carbons (Fsp3) is 0.176. The van der Waals surface area contributed by atoms with Gasteiger partial charge in [-0.25, -0.2) is 4.68 Å². The monoisotopic (exact) mass is 364 g/mol. The second kappa shape index (κ2) is 7.39. The summed E-state index contributed by atoms with van der Waals surface area (Å²) < 4.78 is 1.50. The highest BCUT2D eigenvalue weighted by Gasteiger charge is 2.11. The van der Waals surface area contributed by atoms with E-state index in [0.29, 0.717) is 29.3 Å². The number of aryl methyl sites for hydroxylation is 1. The smallest absolute Gasteiger partial charge is 0.267 e. The zero-order valence-corrected chi connectivity index (χ0v) is 14.5. The molecule has 0 aliphatic heterocycles. The maximum absolute atomic E-state index is 12.5. The zero-order valence-electron chi connectivity index (χ0n) is 12.2. The van der Waals surface area contributed by atoms with Crippen LogP contribution in [0.1, 0.15) is 6.42 Å². The molecule has 23 heavy (non-hydrogen) atoms. The molecule has 3 nitrogen and oxygen atoms in total. The molecule has 3 rings (SSSR count). The molecule has 118 valence electrons. The van der Waals surface area contributed by atoms with Gasteiger partial charge in [-0.15, -0.1) is 11.6 Å². The van der Waals surface area contributed by atoms with E-state index in [2.05, 4.69) is 5.10 Å². The molecule has 0 N–H and O–H groups in total. The first-order valence-electron chi connectivity index (χ1n) is 7.18. The number of fused-ring (bicyclic) bond motifs is 1. The Morgan fingerprint density at radius 1 is 1.04 bits per heavy atom. The van der Waals surface area contributed by atoms with Gasteiger partial charge in [0.15, 0.2) is 0 Å². The standard InChI is InChI=1S/C17H14Cl2N2OS/c18-10-3-11-21-17(22)15-5-2-1-4-14(15)16(20-21)23-13-8-6-12(19)7-9-13/h1-2,4-9H,3,10-11H2. The fourth-order valence-corrected chi connectivity index (χ4v) is 3.42. The van der Waals surface area contributed by atoms with Crippen molar-refractivity contribution < 1.29 is 0 Å². The molecule has 0 fully saturated rings. The van der Waals surface area contributed by atoms with Crippen molar-refractivity contribution in [1.82, 2.24) is 9.78 Å². The topological polar surface area (TPSA) is 34.9 Å². The normalized spacial score (nSPS) is 11.0. The summed E-state index contributed by atoms with van der Waals surface area (Å²) in [6.07, 6.45) is 0.706. The minimum Gasteiger partial charge on any atom is -0.267 e. The van der Waals surface area contributed by atoms with Crippen molar-refractivity contribution >= 4 is 45.7 Å². The number of hydrogen-bond acceptors (Lipinski definition) is 3. The molecule has 0 amide bonds. The van der Waals surface area contributed by atoms with Gasteiger partial charge >= 0.3 is 0 Å². The van der Waals surface area contributed by atoms with E-state index in [1.165, 1.54) is 16.4 Å². The average Bonchev–Trinajstić information content (AvgIpc) is 2.58.